The van der Waals surface area contributed by atoms with E-state index < -0.39 is 44.9 Å². The average molecular weight is 601 g/mol. The van der Waals surface area contributed by atoms with Crippen LogP contribution in [0, 0.1) is 10.1 Å². The first-order valence-electron chi connectivity index (χ1n) is 12.9. The summed E-state index contributed by atoms with van der Waals surface area (Å²) < 4.78 is 28.5. The molecule has 12 heteroatoms. The topological polar surface area (TPSA) is 130 Å². The fourth-order valence-corrected chi connectivity index (χ4v) is 5.72. The molecule has 0 radical (unpaired) electrons. The Labute approximate surface area is 245 Å². The Kier molecular flexibility index (Phi) is 10.1. The number of nitro groups is 1. The molecule has 2 amide bonds. The first-order chi connectivity index (χ1) is 19.2. The quantitative estimate of drug-likeness (QED) is 0.239. The lowest BCUT2D eigenvalue weighted by molar-refractivity contribution is -0.384. The van der Waals surface area contributed by atoms with E-state index in [1.165, 1.54) is 47.4 Å². The highest BCUT2D eigenvalue weighted by Gasteiger charge is 2.35. The van der Waals surface area contributed by atoms with Gasteiger partial charge in [-0.2, -0.15) is 0 Å². The number of carbonyl (C=O) groups excluding carboxylic acids is 2. The van der Waals surface area contributed by atoms with Crippen LogP contribution >= 0.6 is 11.6 Å². The maximum Gasteiger partial charge on any atom is 0.271 e. The van der Waals surface area contributed by atoms with E-state index in [1.807, 2.05) is 20.8 Å². The van der Waals surface area contributed by atoms with Crippen molar-refractivity contribution in [1.29, 1.82) is 0 Å². The Morgan fingerprint density at radius 1 is 1.00 bits per heavy atom. The van der Waals surface area contributed by atoms with E-state index in [0.717, 1.165) is 10.4 Å². The maximum atomic E-state index is 14.0. The second-order valence-corrected chi connectivity index (χ2v) is 12.7. The Bertz CT molecular complexity index is 1490. The third kappa shape index (κ3) is 8.27. The number of nitrogens with one attached hydrogen (secondary N) is 1. The number of sulfonamides is 1. The van der Waals surface area contributed by atoms with Gasteiger partial charge in [-0.3, -0.25) is 24.0 Å². The van der Waals surface area contributed by atoms with E-state index in [-0.39, 0.29) is 29.2 Å². The third-order valence-electron chi connectivity index (χ3n) is 6.09. The van der Waals surface area contributed by atoms with Crippen molar-refractivity contribution in [3.05, 3.63) is 99.6 Å². The van der Waals surface area contributed by atoms with Crippen molar-refractivity contribution in [3.63, 3.8) is 0 Å². The molecule has 0 aliphatic heterocycles. The molecule has 0 spiro atoms. The predicted octanol–water partition coefficient (Wildman–Crippen LogP) is 5.17. The van der Waals surface area contributed by atoms with Gasteiger partial charge in [0.05, 0.1) is 15.5 Å². The Morgan fingerprint density at radius 3 is 2.20 bits per heavy atom. The molecule has 0 aliphatic rings. The first-order valence-corrected chi connectivity index (χ1v) is 14.7. The molecule has 0 saturated heterocycles. The summed E-state index contributed by atoms with van der Waals surface area (Å²) in [5.41, 5.74) is -0.296. The van der Waals surface area contributed by atoms with Crippen molar-refractivity contribution >= 4 is 44.8 Å². The van der Waals surface area contributed by atoms with Crippen molar-refractivity contribution in [2.75, 3.05) is 10.8 Å². The largest absolute Gasteiger partial charge is 0.350 e. The Balaban J connectivity index is 2.10. The van der Waals surface area contributed by atoms with Crippen LogP contribution in [0.4, 0.5) is 11.4 Å². The van der Waals surface area contributed by atoms with Gasteiger partial charge in [-0.05, 0) is 63.1 Å². The highest BCUT2D eigenvalue weighted by Crippen LogP contribution is 2.28. The molecule has 3 aromatic rings. The number of hydrogen-bond acceptors (Lipinski definition) is 6. The molecule has 0 bridgehead atoms. The van der Waals surface area contributed by atoms with E-state index in [9.17, 15) is 28.1 Å². The number of non-ortho nitro benzene ring substituents is 1. The van der Waals surface area contributed by atoms with Gasteiger partial charge in [-0.1, -0.05) is 54.9 Å². The number of halogens is 1. The van der Waals surface area contributed by atoms with E-state index >= 15 is 0 Å². The number of anilines is 1. The van der Waals surface area contributed by atoms with Gasteiger partial charge < -0.3 is 10.2 Å². The molecule has 0 aromatic heterocycles. The monoisotopic (exact) mass is 600 g/mol. The van der Waals surface area contributed by atoms with Crippen LogP contribution in [0.2, 0.25) is 5.02 Å². The van der Waals surface area contributed by atoms with Gasteiger partial charge in [0.2, 0.25) is 11.8 Å². The van der Waals surface area contributed by atoms with Crippen molar-refractivity contribution in [1.82, 2.24) is 10.2 Å². The fraction of sp³-hybridized carbons (Fsp3) is 0.310. The molecule has 0 heterocycles. The summed E-state index contributed by atoms with van der Waals surface area (Å²) in [6.45, 7) is 6.51. The molecule has 1 atom stereocenters. The molecule has 1 unspecified atom stereocenters. The summed E-state index contributed by atoms with van der Waals surface area (Å²) in [5, 5.41) is 14.9. The van der Waals surface area contributed by atoms with Crippen molar-refractivity contribution in [2.45, 2.75) is 57.1 Å². The van der Waals surface area contributed by atoms with E-state index in [1.54, 1.807) is 37.3 Å². The van der Waals surface area contributed by atoms with Gasteiger partial charge in [0.15, 0.2) is 0 Å². The number of amides is 2. The average Bonchev–Trinajstić information content (AvgIpc) is 2.92. The molecular weight excluding hydrogens is 568 g/mol. The zero-order valence-electron chi connectivity index (χ0n) is 23.3. The molecule has 41 heavy (non-hydrogen) atoms. The fourth-order valence-electron chi connectivity index (χ4n) is 4.17. The zero-order chi connectivity index (χ0) is 30.4. The summed E-state index contributed by atoms with van der Waals surface area (Å²) in [5.74, 6) is -1.06. The highest BCUT2D eigenvalue weighted by molar-refractivity contribution is 7.92. The maximum absolute atomic E-state index is 14.0. The van der Waals surface area contributed by atoms with Crippen LogP contribution < -0.4 is 9.62 Å². The van der Waals surface area contributed by atoms with Crippen LogP contribution in [0.25, 0.3) is 0 Å². The van der Waals surface area contributed by atoms with Crippen LogP contribution in [-0.4, -0.2) is 48.2 Å². The highest BCUT2D eigenvalue weighted by atomic mass is 35.5. The van der Waals surface area contributed by atoms with Crippen molar-refractivity contribution in [3.8, 4) is 0 Å². The van der Waals surface area contributed by atoms with Crippen LogP contribution in [-0.2, 0) is 26.2 Å². The predicted molar refractivity (Wildman–Crippen MR) is 158 cm³/mol. The van der Waals surface area contributed by atoms with E-state index in [2.05, 4.69) is 5.32 Å². The van der Waals surface area contributed by atoms with Crippen molar-refractivity contribution in [2.24, 2.45) is 0 Å². The molecular formula is C29H33ClN4O6S. The van der Waals surface area contributed by atoms with Crippen LogP contribution in [0.3, 0.4) is 0 Å². The number of rotatable bonds is 11. The number of nitrogens with zero attached hydrogens (tertiary/aromatic N) is 3. The van der Waals surface area contributed by atoms with Crippen molar-refractivity contribution < 1.29 is 22.9 Å². The second-order valence-electron chi connectivity index (χ2n) is 10.4. The first kappa shape index (κ1) is 31.6. The number of benzene rings is 3. The zero-order valence-corrected chi connectivity index (χ0v) is 24.9. The third-order valence-corrected chi connectivity index (χ3v) is 8.13. The van der Waals surface area contributed by atoms with Gasteiger partial charge in [0.25, 0.3) is 15.7 Å². The minimum Gasteiger partial charge on any atom is -0.350 e. The molecule has 0 fully saturated rings. The Morgan fingerprint density at radius 2 is 1.63 bits per heavy atom. The van der Waals surface area contributed by atoms with Gasteiger partial charge in [-0.25, -0.2) is 8.42 Å². The number of carbonyl (C=O) groups is 2. The smallest absolute Gasteiger partial charge is 0.271 e. The van der Waals surface area contributed by atoms with Gasteiger partial charge in [0.1, 0.15) is 12.6 Å². The molecule has 3 aromatic carbocycles. The SMILES string of the molecule is CCC(C(=O)NC(C)(C)C)N(Cc1ccc(Cl)cc1)C(=O)CN(c1cccc([N+](=O)[O-])c1)S(=O)(=O)c1ccccc1. The lowest BCUT2D eigenvalue weighted by atomic mass is 10.1. The number of hydrogen-bond donors (Lipinski definition) is 1. The molecule has 0 saturated carbocycles. The minimum atomic E-state index is -4.34. The van der Waals surface area contributed by atoms with Gasteiger partial charge in [0, 0.05) is 29.2 Å². The van der Waals surface area contributed by atoms with E-state index in [4.69, 9.17) is 11.6 Å². The summed E-state index contributed by atoms with van der Waals surface area (Å²) in [7, 11) is -4.34. The standard InChI is InChI=1S/C29H33ClN4O6S/c1-5-26(28(36)31-29(2,3)4)32(19-21-14-16-22(30)17-15-21)27(35)20-33(23-10-9-11-24(18-23)34(37)38)41(39,40)25-12-7-6-8-13-25/h6-18,26H,5,19-20H2,1-4H3,(H,31,36). The second kappa shape index (κ2) is 13.1. The lowest BCUT2D eigenvalue weighted by Crippen LogP contribution is -2.55. The lowest BCUT2D eigenvalue weighted by Gasteiger charge is -2.34. The molecule has 1 N–H and O–H groups in total. The summed E-state index contributed by atoms with van der Waals surface area (Å²) >= 11 is 6.04. The van der Waals surface area contributed by atoms with E-state index in [0.29, 0.717) is 10.6 Å². The minimum absolute atomic E-state index is 0.000232. The van der Waals surface area contributed by atoms with Crippen LogP contribution in [0.5, 0.6) is 0 Å². The van der Waals surface area contributed by atoms with Gasteiger partial charge >= 0.3 is 0 Å². The summed E-state index contributed by atoms with van der Waals surface area (Å²) in [6, 6.07) is 18.4. The number of nitro benzene ring substituents is 1. The Hall–Kier alpha value is -3.96. The molecule has 218 valence electrons. The molecule has 3 rings (SSSR count). The molecule has 10 nitrogen and oxygen atoms in total. The summed E-state index contributed by atoms with van der Waals surface area (Å²) in [4.78, 5) is 39.5. The van der Waals surface area contributed by atoms with Crippen LogP contribution in [0.15, 0.2) is 83.8 Å². The van der Waals surface area contributed by atoms with Gasteiger partial charge in [-0.15, -0.1) is 0 Å². The summed E-state index contributed by atoms with van der Waals surface area (Å²) in [6.07, 6.45) is 0.253. The molecule has 0 aliphatic carbocycles. The normalized spacial score (nSPS) is 12.3. The van der Waals surface area contributed by atoms with Crippen LogP contribution in [0.1, 0.15) is 39.7 Å².